The highest BCUT2D eigenvalue weighted by molar-refractivity contribution is 5.86. The second kappa shape index (κ2) is 8.33. The SMILES string of the molecule is C=CC(=O)NCCC(C)(CC)OCCC(C)(C)OC. The molecule has 0 fully saturated rings. The maximum Gasteiger partial charge on any atom is 0.243 e. The third-order valence-corrected chi connectivity index (χ3v) is 3.59. The largest absolute Gasteiger partial charge is 0.379 e. The van der Waals surface area contributed by atoms with Gasteiger partial charge < -0.3 is 14.8 Å². The van der Waals surface area contributed by atoms with E-state index in [2.05, 4.69) is 25.7 Å². The second-order valence-corrected chi connectivity index (χ2v) is 5.61. The van der Waals surface area contributed by atoms with E-state index >= 15 is 0 Å². The molecule has 1 N–H and O–H groups in total. The van der Waals surface area contributed by atoms with E-state index in [0.717, 1.165) is 19.3 Å². The Morgan fingerprint density at radius 3 is 2.42 bits per heavy atom. The fraction of sp³-hybridized carbons (Fsp3) is 0.800. The average molecular weight is 271 g/mol. The summed E-state index contributed by atoms with van der Waals surface area (Å²) in [7, 11) is 1.71. The number of amides is 1. The van der Waals surface area contributed by atoms with Crippen LogP contribution >= 0.6 is 0 Å². The van der Waals surface area contributed by atoms with E-state index in [1.54, 1.807) is 7.11 Å². The summed E-state index contributed by atoms with van der Waals surface area (Å²) in [5.74, 6) is -0.140. The van der Waals surface area contributed by atoms with Crippen LogP contribution in [-0.2, 0) is 14.3 Å². The van der Waals surface area contributed by atoms with Crippen LogP contribution in [0.3, 0.4) is 0 Å². The Labute approximate surface area is 117 Å². The topological polar surface area (TPSA) is 47.6 Å². The monoisotopic (exact) mass is 271 g/mol. The van der Waals surface area contributed by atoms with E-state index < -0.39 is 0 Å². The summed E-state index contributed by atoms with van der Waals surface area (Å²) in [4.78, 5) is 11.1. The normalized spacial score (nSPS) is 14.8. The molecule has 1 amide bonds. The van der Waals surface area contributed by atoms with Crippen LogP contribution in [0.15, 0.2) is 12.7 Å². The highest BCUT2D eigenvalue weighted by Crippen LogP contribution is 2.22. The van der Waals surface area contributed by atoms with E-state index in [4.69, 9.17) is 9.47 Å². The molecule has 1 atom stereocenters. The summed E-state index contributed by atoms with van der Waals surface area (Å²) in [5.41, 5.74) is -0.371. The quantitative estimate of drug-likeness (QED) is 0.621. The maximum atomic E-state index is 11.1. The van der Waals surface area contributed by atoms with Gasteiger partial charge in [0.1, 0.15) is 0 Å². The van der Waals surface area contributed by atoms with Gasteiger partial charge in [0.15, 0.2) is 0 Å². The molecule has 0 aliphatic carbocycles. The Hall–Kier alpha value is -0.870. The minimum atomic E-state index is -0.210. The van der Waals surface area contributed by atoms with Crippen molar-refractivity contribution in [1.29, 1.82) is 0 Å². The fourth-order valence-electron chi connectivity index (χ4n) is 1.52. The first-order chi connectivity index (χ1) is 8.78. The van der Waals surface area contributed by atoms with Crippen molar-refractivity contribution < 1.29 is 14.3 Å². The summed E-state index contributed by atoms with van der Waals surface area (Å²) in [6.07, 6.45) is 3.82. The van der Waals surface area contributed by atoms with Gasteiger partial charge in [0.25, 0.3) is 0 Å². The van der Waals surface area contributed by atoms with Gasteiger partial charge in [-0.05, 0) is 46.1 Å². The zero-order chi connectivity index (χ0) is 14.9. The number of hydrogen-bond acceptors (Lipinski definition) is 3. The highest BCUT2D eigenvalue weighted by atomic mass is 16.5. The van der Waals surface area contributed by atoms with Crippen molar-refractivity contribution in [2.75, 3.05) is 20.3 Å². The van der Waals surface area contributed by atoms with Crippen LogP contribution in [-0.4, -0.2) is 37.4 Å². The fourth-order valence-corrected chi connectivity index (χ4v) is 1.52. The second-order valence-electron chi connectivity index (χ2n) is 5.61. The van der Waals surface area contributed by atoms with Crippen LogP contribution < -0.4 is 5.32 Å². The van der Waals surface area contributed by atoms with Gasteiger partial charge in [0.05, 0.1) is 17.8 Å². The van der Waals surface area contributed by atoms with Crippen molar-refractivity contribution in [1.82, 2.24) is 5.32 Å². The number of ether oxygens (including phenoxy) is 2. The van der Waals surface area contributed by atoms with E-state index in [-0.39, 0.29) is 17.1 Å². The summed E-state index contributed by atoms with van der Waals surface area (Å²) < 4.78 is 11.3. The number of rotatable bonds is 10. The van der Waals surface area contributed by atoms with E-state index in [1.807, 2.05) is 13.8 Å². The van der Waals surface area contributed by atoms with Crippen LogP contribution in [0.1, 0.15) is 47.0 Å². The molecule has 0 aromatic heterocycles. The van der Waals surface area contributed by atoms with Crippen molar-refractivity contribution >= 4 is 5.91 Å². The van der Waals surface area contributed by atoms with Crippen LogP contribution in [0.5, 0.6) is 0 Å². The first-order valence-electron chi connectivity index (χ1n) is 6.88. The van der Waals surface area contributed by atoms with Crippen LogP contribution in [0, 0.1) is 0 Å². The molecule has 112 valence electrons. The van der Waals surface area contributed by atoms with Crippen LogP contribution in [0.25, 0.3) is 0 Å². The van der Waals surface area contributed by atoms with Crippen LogP contribution in [0.4, 0.5) is 0 Å². The Balaban J connectivity index is 4.08. The zero-order valence-corrected chi connectivity index (χ0v) is 13.0. The van der Waals surface area contributed by atoms with E-state index in [9.17, 15) is 4.79 Å². The molecule has 0 aromatic carbocycles. The Morgan fingerprint density at radius 1 is 1.32 bits per heavy atom. The highest BCUT2D eigenvalue weighted by Gasteiger charge is 2.24. The molecule has 0 aromatic rings. The molecule has 0 aliphatic rings. The van der Waals surface area contributed by atoms with Gasteiger partial charge in [0.2, 0.25) is 5.91 Å². The summed E-state index contributed by atoms with van der Waals surface area (Å²) in [6.45, 7) is 12.9. The number of carbonyl (C=O) groups excluding carboxylic acids is 1. The molecule has 0 radical (unpaired) electrons. The Bertz CT molecular complexity index is 289. The summed E-state index contributed by atoms with van der Waals surface area (Å²) >= 11 is 0. The zero-order valence-electron chi connectivity index (χ0n) is 13.0. The number of carbonyl (C=O) groups is 1. The predicted molar refractivity (Wildman–Crippen MR) is 78.2 cm³/mol. The van der Waals surface area contributed by atoms with Crippen LogP contribution in [0.2, 0.25) is 0 Å². The molecular formula is C15H29NO3. The summed E-state index contributed by atoms with van der Waals surface area (Å²) in [5, 5.41) is 2.78. The molecule has 4 nitrogen and oxygen atoms in total. The smallest absolute Gasteiger partial charge is 0.243 e. The third-order valence-electron chi connectivity index (χ3n) is 3.59. The van der Waals surface area contributed by atoms with E-state index in [0.29, 0.717) is 13.2 Å². The molecule has 0 heterocycles. The first kappa shape index (κ1) is 18.1. The molecule has 0 rings (SSSR count). The van der Waals surface area contributed by atoms with Gasteiger partial charge in [-0.2, -0.15) is 0 Å². The summed E-state index contributed by atoms with van der Waals surface area (Å²) in [6, 6.07) is 0. The van der Waals surface area contributed by atoms with Gasteiger partial charge >= 0.3 is 0 Å². The number of methoxy groups -OCH3 is 1. The van der Waals surface area contributed by atoms with Gasteiger partial charge in [0, 0.05) is 13.7 Å². The molecule has 0 saturated heterocycles. The lowest BCUT2D eigenvalue weighted by molar-refractivity contribution is -0.116. The average Bonchev–Trinajstić information content (AvgIpc) is 2.38. The maximum absolute atomic E-state index is 11.1. The van der Waals surface area contributed by atoms with Gasteiger partial charge in [-0.3, -0.25) is 4.79 Å². The van der Waals surface area contributed by atoms with Crippen molar-refractivity contribution in [3.63, 3.8) is 0 Å². The van der Waals surface area contributed by atoms with Crippen molar-refractivity contribution in [2.24, 2.45) is 0 Å². The molecule has 19 heavy (non-hydrogen) atoms. The van der Waals surface area contributed by atoms with E-state index in [1.165, 1.54) is 6.08 Å². The standard InChI is InChI=1S/C15H29NO3/c1-7-13(17)16-11-9-15(5,8-2)19-12-10-14(3,4)18-6/h7H,1,8-12H2,2-6H3,(H,16,17). The predicted octanol–water partition coefficient (Wildman–Crippen LogP) is 2.68. The van der Waals surface area contributed by atoms with Gasteiger partial charge in [-0.15, -0.1) is 0 Å². The van der Waals surface area contributed by atoms with Crippen molar-refractivity contribution in [3.8, 4) is 0 Å². The molecule has 0 bridgehead atoms. The molecule has 0 saturated carbocycles. The minimum absolute atomic E-state index is 0.140. The molecule has 4 heteroatoms. The van der Waals surface area contributed by atoms with Gasteiger partial charge in [-0.1, -0.05) is 13.5 Å². The first-order valence-corrected chi connectivity index (χ1v) is 6.88. The van der Waals surface area contributed by atoms with Crippen molar-refractivity contribution in [3.05, 3.63) is 12.7 Å². The Morgan fingerprint density at radius 2 is 1.95 bits per heavy atom. The number of hydrogen-bond donors (Lipinski definition) is 1. The third kappa shape index (κ3) is 8.01. The molecule has 1 unspecified atom stereocenters. The Kier molecular flexibility index (Phi) is 7.95. The lowest BCUT2D eigenvalue weighted by Gasteiger charge is -2.31. The minimum Gasteiger partial charge on any atom is -0.379 e. The molecule has 0 aliphatic heterocycles. The van der Waals surface area contributed by atoms with Crippen molar-refractivity contribution in [2.45, 2.75) is 58.2 Å². The molecule has 0 spiro atoms. The lowest BCUT2D eigenvalue weighted by Crippen LogP contribution is -2.36. The molecular weight excluding hydrogens is 242 g/mol. The number of nitrogens with one attached hydrogen (secondary N) is 1. The van der Waals surface area contributed by atoms with Gasteiger partial charge in [-0.25, -0.2) is 0 Å². The lowest BCUT2D eigenvalue weighted by atomic mass is 9.98.